The van der Waals surface area contributed by atoms with Gasteiger partial charge in [0.05, 0.1) is 0 Å². The number of nitrogens with zero attached hydrogens (tertiary/aromatic N) is 2. The largest absolute Gasteiger partial charge is 0.361 e. The number of thioether (sulfide) groups is 1. The SMILES string of the molecule is Cc1cc(C(=O)N2CCS[C@H](c3cc(F)ccc3F)CC2)no1. The van der Waals surface area contributed by atoms with Crippen LogP contribution in [0.3, 0.4) is 0 Å². The molecule has 0 bridgehead atoms. The second-order valence-corrected chi connectivity index (χ2v) is 6.74. The molecule has 1 atom stereocenters. The molecule has 0 aliphatic carbocycles. The van der Waals surface area contributed by atoms with Crippen molar-refractivity contribution in [1.29, 1.82) is 0 Å². The van der Waals surface area contributed by atoms with Gasteiger partial charge in [0.25, 0.3) is 5.91 Å². The Kier molecular flexibility index (Phi) is 4.66. The van der Waals surface area contributed by atoms with Gasteiger partial charge in [-0.2, -0.15) is 11.8 Å². The number of hydrogen-bond acceptors (Lipinski definition) is 4. The maximum absolute atomic E-state index is 13.9. The summed E-state index contributed by atoms with van der Waals surface area (Å²) in [6, 6.07) is 5.11. The lowest BCUT2D eigenvalue weighted by Gasteiger charge is -2.19. The number of benzene rings is 1. The van der Waals surface area contributed by atoms with E-state index in [4.69, 9.17) is 4.52 Å². The fourth-order valence-electron chi connectivity index (χ4n) is 2.61. The molecule has 0 N–H and O–H groups in total. The van der Waals surface area contributed by atoms with E-state index < -0.39 is 11.6 Å². The third-order valence-electron chi connectivity index (χ3n) is 3.78. The highest BCUT2D eigenvalue weighted by Gasteiger charge is 2.26. The van der Waals surface area contributed by atoms with Crippen molar-refractivity contribution in [2.75, 3.05) is 18.8 Å². The van der Waals surface area contributed by atoms with Crippen molar-refractivity contribution < 1.29 is 18.1 Å². The van der Waals surface area contributed by atoms with Gasteiger partial charge in [-0.1, -0.05) is 5.16 Å². The molecule has 7 heteroatoms. The Bertz CT molecular complexity index is 720. The molecule has 1 fully saturated rings. The molecule has 2 heterocycles. The maximum atomic E-state index is 13.9. The molecule has 1 saturated heterocycles. The van der Waals surface area contributed by atoms with Crippen molar-refractivity contribution in [2.45, 2.75) is 18.6 Å². The van der Waals surface area contributed by atoms with Gasteiger partial charge in [0.1, 0.15) is 17.4 Å². The number of rotatable bonds is 2. The Hall–Kier alpha value is -1.89. The summed E-state index contributed by atoms with van der Waals surface area (Å²) in [6.07, 6.45) is 0.563. The highest BCUT2D eigenvalue weighted by Crippen LogP contribution is 2.36. The van der Waals surface area contributed by atoms with Gasteiger partial charge in [-0.3, -0.25) is 4.79 Å². The third kappa shape index (κ3) is 3.55. The molecule has 1 aromatic carbocycles. The summed E-state index contributed by atoms with van der Waals surface area (Å²) in [6.45, 7) is 2.74. The minimum Gasteiger partial charge on any atom is -0.361 e. The Balaban J connectivity index is 1.72. The second kappa shape index (κ2) is 6.70. The van der Waals surface area contributed by atoms with E-state index in [-0.39, 0.29) is 16.9 Å². The van der Waals surface area contributed by atoms with Crippen molar-refractivity contribution in [3.63, 3.8) is 0 Å². The molecule has 1 aliphatic heterocycles. The molecule has 1 amide bonds. The van der Waals surface area contributed by atoms with Gasteiger partial charge < -0.3 is 9.42 Å². The van der Waals surface area contributed by atoms with Crippen LogP contribution < -0.4 is 0 Å². The number of carbonyl (C=O) groups excluding carboxylic acids is 1. The van der Waals surface area contributed by atoms with Crippen molar-refractivity contribution in [1.82, 2.24) is 10.1 Å². The Morgan fingerprint density at radius 2 is 2.17 bits per heavy atom. The van der Waals surface area contributed by atoms with Gasteiger partial charge in [-0.15, -0.1) is 0 Å². The van der Waals surface area contributed by atoms with Crippen LogP contribution in [0.15, 0.2) is 28.8 Å². The zero-order valence-corrected chi connectivity index (χ0v) is 13.4. The first-order valence-corrected chi connectivity index (χ1v) is 8.38. The van der Waals surface area contributed by atoms with Crippen LogP contribution in [-0.4, -0.2) is 34.8 Å². The molecule has 2 aromatic rings. The summed E-state index contributed by atoms with van der Waals surface area (Å²) < 4.78 is 32.2. The van der Waals surface area contributed by atoms with Crippen LogP contribution in [-0.2, 0) is 0 Å². The van der Waals surface area contributed by atoms with E-state index in [0.717, 1.165) is 12.1 Å². The van der Waals surface area contributed by atoms with E-state index in [0.29, 0.717) is 36.6 Å². The minimum absolute atomic E-state index is 0.164. The summed E-state index contributed by atoms with van der Waals surface area (Å²) in [5, 5.41) is 3.58. The van der Waals surface area contributed by atoms with Gasteiger partial charge in [-0.25, -0.2) is 8.78 Å². The summed E-state index contributed by atoms with van der Waals surface area (Å²) >= 11 is 1.54. The van der Waals surface area contributed by atoms with E-state index in [1.165, 1.54) is 17.8 Å². The van der Waals surface area contributed by atoms with Gasteiger partial charge in [0.2, 0.25) is 0 Å². The predicted octanol–water partition coefficient (Wildman–Crippen LogP) is 3.58. The molecule has 3 rings (SSSR count). The number of amides is 1. The number of aryl methyl sites for hydroxylation is 1. The van der Waals surface area contributed by atoms with Crippen LogP contribution >= 0.6 is 11.8 Å². The van der Waals surface area contributed by atoms with Crippen molar-refractivity contribution in [2.24, 2.45) is 0 Å². The zero-order valence-electron chi connectivity index (χ0n) is 12.6. The third-order valence-corrected chi connectivity index (χ3v) is 5.09. The van der Waals surface area contributed by atoms with E-state index >= 15 is 0 Å². The fraction of sp³-hybridized carbons (Fsp3) is 0.375. The van der Waals surface area contributed by atoms with Gasteiger partial charge in [0.15, 0.2) is 5.69 Å². The Morgan fingerprint density at radius 1 is 1.35 bits per heavy atom. The Morgan fingerprint density at radius 3 is 2.91 bits per heavy atom. The molecule has 0 saturated carbocycles. The van der Waals surface area contributed by atoms with Crippen molar-refractivity contribution >= 4 is 17.7 Å². The smallest absolute Gasteiger partial charge is 0.276 e. The lowest BCUT2D eigenvalue weighted by molar-refractivity contribution is 0.0756. The summed E-state index contributed by atoms with van der Waals surface area (Å²) in [5.74, 6) is 0.191. The van der Waals surface area contributed by atoms with Crippen LogP contribution in [0.25, 0.3) is 0 Å². The van der Waals surface area contributed by atoms with Gasteiger partial charge in [0, 0.05) is 35.7 Å². The highest BCUT2D eigenvalue weighted by molar-refractivity contribution is 7.99. The molecule has 122 valence electrons. The molecule has 1 aromatic heterocycles. The Labute approximate surface area is 136 Å². The summed E-state index contributed by atoms with van der Waals surface area (Å²) in [5.41, 5.74) is 0.643. The summed E-state index contributed by atoms with van der Waals surface area (Å²) in [4.78, 5) is 14.1. The van der Waals surface area contributed by atoms with Crippen molar-refractivity contribution in [3.05, 3.63) is 52.9 Å². The normalized spacial score (nSPS) is 18.7. The highest BCUT2D eigenvalue weighted by atomic mass is 32.2. The van der Waals surface area contributed by atoms with Crippen molar-refractivity contribution in [3.8, 4) is 0 Å². The van der Waals surface area contributed by atoms with Gasteiger partial charge >= 0.3 is 0 Å². The predicted molar refractivity (Wildman–Crippen MR) is 83.3 cm³/mol. The van der Waals surface area contributed by atoms with E-state index in [1.54, 1.807) is 17.9 Å². The van der Waals surface area contributed by atoms with Crippen LogP contribution in [0.5, 0.6) is 0 Å². The number of aromatic nitrogens is 1. The molecule has 23 heavy (non-hydrogen) atoms. The first kappa shape index (κ1) is 16.0. The topological polar surface area (TPSA) is 46.3 Å². The average Bonchev–Trinajstić information content (AvgIpc) is 2.82. The lowest BCUT2D eigenvalue weighted by atomic mass is 10.1. The van der Waals surface area contributed by atoms with Crippen LogP contribution in [0.2, 0.25) is 0 Å². The number of carbonyl (C=O) groups is 1. The maximum Gasteiger partial charge on any atom is 0.276 e. The van der Waals surface area contributed by atoms with E-state index in [1.807, 2.05) is 0 Å². The minimum atomic E-state index is -0.447. The zero-order chi connectivity index (χ0) is 16.4. The first-order valence-electron chi connectivity index (χ1n) is 7.34. The summed E-state index contributed by atoms with van der Waals surface area (Å²) in [7, 11) is 0. The van der Waals surface area contributed by atoms with Crippen LogP contribution in [0.4, 0.5) is 8.78 Å². The number of halogens is 2. The average molecular weight is 338 g/mol. The van der Waals surface area contributed by atoms with Crippen LogP contribution in [0, 0.1) is 18.6 Å². The number of hydrogen-bond donors (Lipinski definition) is 0. The first-order chi connectivity index (χ1) is 11.0. The van der Waals surface area contributed by atoms with Crippen LogP contribution in [0.1, 0.15) is 33.5 Å². The van der Waals surface area contributed by atoms with E-state index in [2.05, 4.69) is 5.16 Å². The monoisotopic (exact) mass is 338 g/mol. The van der Waals surface area contributed by atoms with Gasteiger partial charge in [-0.05, 0) is 31.5 Å². The molecular weight excluding hydrogens is 322 g/mol. The molecule has 1 aliphatic rings. The standard InChI is InChI=1S/C16H16F2N2O2S/c1-10-8-14(19-22-10)16(21)20-5-4-15(23-7-6-20)12-9-11(17)2-3-13(12)18/h2-3,8-9,15H,4-7H2,1H3/t15-/m0/s1. The lowest BCUT2D eigenvalue weighted by Crippen LogP contribution is -2.33. The fourth-order valence-corrected chi connectivity index (χ4v) is 3.85. The second-order valence-electron chi connectivity index (χ2n) is 5.43. The molecular formula is C16H16F2N2O2S. The molecule has 0 radical (unpaired) electrons. The molecule has 0 unspecified atom stereocenters. The molecule has 4 nitrogen and oxygen atoms in total. The molecule has 0 spiro atoms. The van der Waals surface area contributed by atoms with E-state index in [9.17, 15) is 13.6 Å². The quantitative estimate of drug-likeness (QED) is 0.840.